The summed E-state index contributed by atoms with van der Waals surface area (Å²) >= 11 is 5.71. The van der Waals surface area contributed by atoms with E-state index in [4.69, 9.17) is 16.7 Å². The lowest BCUT2D eigenvalue weighted by Gasteiger charge is -2.12. The number of halogens is 1. The van der Waals surface area contributed by atoms with Crippen molar-refractivity contribution < 1.29 is 5.11 Å². The van der Waals surface area contributed by atoms with Crippen LogP contribution >= 0.6 is 11.6 Å². The van der Waals surface area contributed by atoms with Crippen molar-refractivity contribution in [3.8, 4) is 0 Å². The van der Waals surface area contributed by atoms with Gasteiger partial charge in [-0.2, -0.15) is 0 Å². The van der Waals surface area contributed by atoms with E-state index in [9.17, 15) is 0 Å². The molecule has 0 radical (unpaired) electrons. The predicted molar refractivity (Wildman–Crippen MR) is 40.7 cm³/mol. The van der Waals surface area contributed by atoms with Gasteiger partial charge in [0, 0.05) is 17.9 Å². The summed E-state index contributed by atoms with van der Waals surface area (Å²) in [7, 11) is 0. The van der Waals surface area contributed by atoms with Crippen molar-refractivity contribution in [2.45, 2.75) is 18.7 Å². The number of hydrogen-bond donors (Lipinski definition) is 1. The molecule has 0 aliphatic carbocycles. The van der Waals surface area contributed by atoms with Crippen molar-refractivity contribution in [1.82, 2.24) is 0 Å². The Labute approximate surface area is 61.3 Å². The average molecular weight is 149 g/mol. The molecule has 0 saturated carbocycles. The molecule has 0 heterocycles. The SMILES string of the molecule is C=CCC(CO)C(C)Cl. The van der Waals surface area contributed by atoms with E-state index < -0.39 is 0 Å². The van der Waals surface area contributed by atoms with Gasteiger partial charge in [0.2, 0.25) is 0 Å². The van der Waals surface area contributed by atoms with Crippen molar-refractivity contribution in [2.75, 3.05) is 6.61 Å². The molecule has 0 rings (SSSR count). The van der Waals surface area contributed by atoms with Crippen LogP contribution in [0.2, 0.25) is 0 Å². The quantitative estimate of drug-likeness (QED) is 0.476. The molecule has 2 heteroatoms. The highest BCUT2D eigenvalue weighted by molar-refractivity contribution is 6.20. The van der Waals surface area contributed by atoms with Crippen LogP contribution in [0.4, 0.5) is 0 Å². The van der Waals surface area contributed by atoms with Gasteiger partial charge in [-0.3, -0.25) is 0 Å². The van der Waals surface area contributed by atoms with Gasteiger partial charge in [-0.05, 0) is 13.3 Å². The lowest BCUT2D eigenvalue weighted by molar-refractivity contribution is 0.226. The summed E-state index contributed by atoms with van der Waals surface area (Å²) in [4.78, 5) is 0. The second-order valence-electron chi connectivity index (χ2n) is 2.14. The third kappa shape index (κ3) is 3.55. The van der Waals surface area contributed by atoms with Gasteiger partial charge in [0.25, 0.3) is 0 Å². The van der Waals surface area contributed by atoms with E-state index >= 15 is 0 Å². The normalized spacial score (nSPS) is 16.8. The predicted octanol–water partition coefficient (Wildman–Crippen LogP) is 1.80. The van der Waals surface area contributed by atoms with E-state index in [1.54, 1.807) is 6.08 Å². The highest BCUT2D eigenvalue weighted by Gasteiger charge is 2.10. The number of allylic oxidation sites excluding steroid dienone is 1. The fraction of sp³-hybridized carbons (Fsp3) is 0.714. The number of alkyl halides is 1. The van der Waals surface area contributed by atoms with Gasteiger partial charge >= 0.3 is 0 Å². The Kier molecular flexibility index (Phi) is 4.83. The first kappa shape index (κ1) is 8.99. The maximum atomic E-state index is 8.70. The minimum absolute atomic E-state index is 0.0352. The van der Waals surface area contributed by atoms with Gasteiger partial charge in [0.1, 0.15) is 0 Å². The summed E-state index contributed by atoms with van der Waals surface area (Å²) in [5, 5.41) is 8.73. The summed E-state index contributed by atoms with van der Waals surface area (Å²) in [6.07, 6.45) is 2.57. The van der Waals surface area contributed by atoms with Crippen LogP contribution in [0.5, 0.6) is 0 Å². The molecule has 0 aromatic heterocycles. The van der Waals surface area contributed by atoms with Gasteiger partial charge < -0.3 is 5.11 Å². The zero-order valence-corrected chi connectivity index (χ0v) is 6.43. The minimum atomic E-state index is 0.0352. The van der Waals surface area contributed by atoms with Crippen LogP contribution in [0, 0.1) is 5.92 Å². The zero-order valence-electron chi connectivity index (χ0n) is 5.68. The summed E-state index contributed by atoms with van der Waals surface area (Å²) < 4.78 is 0. The Bertz CT molecular complexity index is 81.0. The van der Waals surface area contributed by atoms with Gasteiger partial charge in [-0.25, -0.2) is 0 Å². The monoisotopic (exact) mass is 148 g/mol. The molecule has 0 amide bonds. The Hall–Kier alpha value is -0.0100. The molecule has 0 aromatic rings. The smallest absolute Gasteiger partial charge is 0.0476 e. The summed E-state index contributed by atoms with van der Waals surface area (Å²) in [5.74, 6) is 0.171. The summed E-state index contributed by atoms with van der Waals surface area (Å²) in [6.45, 7) is 5.59. The summed E-state index contributed by atoms with van der Waals surface area (Å²) in [6, 6.07) is 0. The van der Waals surface area contributed by atoms with Gasteiger partial charge in [0.15, 0.2) is 0 Å². The Balaban J connectivity index is 3.53. The fourth-order valence-corrected chi connectivity index (χ4v) is 0.804. The molecule has 2 unspecified atom stereocenters. The third-order valence-corrected chi connectivity index (χ3v) is 1.71. The van der Waals surface area contributed by atoms with Crippen molar-refractivity contribution in [3.63, 3.8) is 0 Å². The van der Waals surface area contributed by atoms with Crippen LogP contribution in [0.3, 0.4) is 0 Å². The van der Waals surface area contributed by atoms with Crippen LogP contribution < -0.4 is 0 Å². The molecule has 0 aliphatic heterocycles. The van der Waals surface area contributed by atoms with E-state index in [0.717, 1.165) is 6.42 Å². The lowest BCUT2D eigenvalue weighted by atomic mass is 10.0. The molecule has 0 spiro atoms. The first-order valence-electron chi connectivity index (χ1n) is 3.08. The molecule has 0 saturated heterocycles. The fourth-order valence-electron chi connectivity index (χ4n) is 0.621. The van der Waals surface area contributed by atoms with E-state index in [2.05, 4.69) is 6.58 Å². The Morgan fingerprint density at radius 1 is 1.78 bits per heavy atom. The van der Waals surface area contributed by atoms with E-state index in [1.165, 1.54) is 0 Å². The molecule has 0 fully saturated rings. The molecule has 2 atom stereocenters. The van der Waals surface area contributed by atoms with Gasteiger partial charge in [-0.1, -0.05) is 6.08 Å². The maximum absolute atomic E-state index is 8.70. The molecule has 9 heavy (non-hydrogen) atoms. The highest BCUT2D eigenvalue weighted by atomic mass is 35.5. The zero-order chi connectivity index (χ0) is 7.28. The number of aliphatic hydroxyl groups is 1. The summed E-state index contributed by atoms with van der Waals surface area (Å²) in [5.41, 5.74) is 0. The molecule has 1 N–H and O–H groups in total. The van der Waals surface area contributed by atoms with Crippen molar-refractivity contribution in [3.05, 3.63) is 12.7 Å². The van der Waals surface area contributed by atoms with Crippen molar-refractivity contribution >= 4 is 11.6 Å². The molecular weight excluding hydrogens is 136 g/mol. The van der Waals surface area contributed by atoms with Crippen LogP contribution in [-0.2, 0) is 0 Å². The molecule has 1 nitrogen and oxygen atoms in total. The lowest BCUT2D eigenvalue weighted by Crippen LogP contribution is -2.14. The van der Waals surface area contributed by atoms with Gasteiger partial charge in [0.05, 0.1) is 0 Å². The first-order chi connectivity index (χ1) is 4.22. The second-order valence-corrected chi connectivity index (χ2v) is 2.83. The molecule has 54 valence electrons. The maximum Gasteiger partial charge on any atom is 0.0476 e. The minimum Gasteiger partial charge on any atom is -0.396 e. The van der Waals surface area contributed by atoms with Crippen LogP contribution in [-0.4, -0.2) is 17.1 Å². The third-order valence-electron chi connectivity index (χ3n) is 1.35. The van der Waals surface area contributed by atoms with Crippen molar-refractivity contribution in [2.24, 2.45) is 5.92 Å². The van der Waals surface area contributed by atoms with Crippen LogP contribution in [0.1, 0.15) is 13.3 Å². The molecule has 0 bridgehead atoms. The molecule has 0 aliphatic rings. The highest BCUT2D eigenvalue weighted by Crippen LogP contribution is 2.13. The van der Waals surface area contributed by atoms with Crippen LogP contribution in [0.25, 0.3) is 0 Å². The Morgan fingerprint density at radius 3 is 2.44 bits per heavy atom. The number of aliphatic hydroxyl groups excluding tert-OH is 1. The van der Waals surface area contributed by atoms with E-state index in [1.807, 2.05) is 6.92 Å². The molecule has 0 aromatic carbocycles. The van der Waals surface area contributed by atoms with E-state index in [0.29, 0.717) is 0 Å². The number of rotatable bonds is 4. The van der Waals surface area contributed by atoms with Crippen molar-refractivity contribution in [1.29, 1.82) is 0 Å². The second kappa shape index (κ2) is 4.83. The van der Waals surface area contributed by atoms with E-state index in [-0.39, 0.29) is 17.9 Å². The van der Waals surface area contributed by atoms with Gasteiger partial charge in [-0.15, -0.1) is 18.2 Å². The topological polar surface area (TPSA) is 20.2 Å². The van der Waals surface area contributed by atoms with Crippen LogP contribution in [0.15, 0.2) is 12.7 Å². The number of hydrogen-bond acceptors (Lipinski definition) is 1. The first-order valence-corrected chi connectivity index (χ1v) is 3.51. The molecular formula is C7H13ClO. The standard InChI is InChI=1S/C7H13ClO/c1-3-4-7(5-9)6(2)8/h3,6-7,9H,1,4-5H2,2H3. The largest absolute Gasteiger partial charge is 0.396 e. The average Bonchev–Trinajstić information content (AvgIpc) is 1.82. The Morgan fingerprint density at radius 2 is 2.33 bits per heavy atom.